The SMILES string of the molecule is CC(C)(C1CCCCC1)C1CCC(OP2OCC3(CO2)COP(OC2CCC(C(C)(C)C4CCCCC4)CC2C(C)(C)C2CCCCC2)OC3)C(C(C)(C)C2CCCCC2)C1. The van der Waals surface area contributed by atoms with Crippen molar-refractivity contribution in [2.75, 3.05) is 26.4 Å². The fourth-order valence-electron chi connectivity index (χ4n) is 15.5. The van der Waals surface area contributed by atoms with Crippen LogP contribution in [0.4, 0.5) is 0 Å². The van der Waals surface area contributed by atoms with Crippen LogP contribution < -0.4 is 0 Å². The lowest BCUT2D eigenvalue weighted by molar-refractivity contribution is -0.109. The minimum absolute atomic E-state index is 0.199. The van der Waals surface area contributed by atoms with Crippen LogP contribution in [-0.2, 0) is 27.1 Å². The van der Waals surface area contributed by atoms with Crippen molar-refractivity contribution in [3.05, 3.63) is 0 Å². The van der Waals surface area contributed by atoms with Gasteiger partial charge < -0.3 is 27.1 Å². The molecule has 6 aliphatic carbocycles. The van der Waals surface area contributed by atoms with E-state index < -0.39 is 17.2 Å². The maximum absolute atomic E-state index is 7.07. The third kappa shape index (κ3) is 10.8. The summed E-state index contributed by atoms with van der Waals surface area (Å²) in [5.41, 5.74) is 0.981. The van der Waals surface area contributed by atoms with Crippen molar-refractivity contribution < 1.29 is 27.1 Å². The van der Waals surface area contributed by atoms with Crippen LogP contribution in [0.5, 0.6) is 0 Å². The van der Waals surface area contributed by atoms with Crippen LogP contribution in [-0.4, -0.2) is 38.6 Å². The van der Waals surface area contributed by atoms with E-state index in [2.05, 4.69) is 55.4 Å². The predicted octanol–water partition coefficient (Wildman–Crippen LogP) is 16.5. The Morgan fingerprint density at radius 3 is 0.918 bits per heavy atom. The fraction of sp³-hybridized carbons (Fsp3) is 1.00. The molecule has 0 aromatic rings. The average Bonchev–Trinajstić information content (AvgIpc) is 3.29. The van der Waals surface area contributed by atoms with Crippen LogP contribution in [0.3, 0.4) is 0 Å². The van der Waals surface area contributed by atoms with Crippen molar-refractivity contribution in [1.29, 1.82) is 0 Å². The lowest BCUT2D eigenvalue weighted by Gasteiger charge is -2.54. The molecule has 61 heavy (non-hydrogen) atoms. The van der Waals surface area contributed by atoms with Gasteiger partial charge in [-0.15, -0.1) is 0 Å². The summed E-state index contributed by atoms with van der Waals surface area (Å²) in [6.45, 7) is 23.2. The second-order valence-electron chi connectivity index (χ2n) is 25.2. The average molecular weight is 889 g/mol. The first-order valence-electron chi connectivity index (χ1n) is 26.6. The van der Waals surface area contributed by atoms with Crippen LogP contribution in [0.15, 0.2) is 0 Å². The van der Waals surface area contributed by atoms with Gasteiger partial charge in [-0.25, -0.2) is 0 Å². The molecule has 6 saturated carbocycles. The van der Waals surface area contributed by atoms with E-state index in [4.69, 9.17) is 27.1 Å². The number of rotatable bonds is 12. The molecular weight excluding hydrogens is 795 g/mol. The standard InChI is InChI=1S/C53H94O6P2/c1-49(2,39-21-13-9-14-22-39)43-29-31-47(45(33-43)51(5,6)41-25-17-11-18-26-41)58-60-54-35-53(36-55-60)37-56-61(57-38-53)59-48-32-30-44(50(3,4)40-23-15-10-16-24-40)34-46(48)52(7,8)42-27-19-12-20-28-42/h39-48H,9-38H2,1-8H3. The van der Waals surface area contributed by atoms with Crippen LogP contribution in [0.1, 0.15) is 222 Å². The lowest BCUT2D eigenvalue weighted by Crippen LogP contribution is -2.49. The Kier molecular flexibility index (Phi) is 16.1. The molecule has 8 aliphatic rings. The van der Waals surface area contributed by atoms with Crippen LogP contribution in [0, 0.1) is 74.4 Å². The molecular formula is C53H94O6P2. The summed E-state index contributed by atoms with van der Waals surface area (Å²) in [5.74, 6) is 5.89. The van der Waals surface area contributed by atoms with Gasteiger partial charge in [0.2, 0.25) is 0 Å². The lowest BCUT2D eigenvalue weighted by atomic mass is 9.54. The topological polar surface area (TPSA) is 55.4 Å². The van der Waals surface area contributed by atoms with E-state index in [9.17, 15) is 0 Å². The van der Waals surface area contributed by atoms with Gasteiger partial charge in [-0.2, -0.15) is 0 Å². The minimum Gasteiger partial charge on any atom is -0.311 e. The Labute approximate surface area is 378 Å². The summed E-state index contributed by atoms with van der Waals surface area (Å²) in [4.78, 5) is 0. The van der Waals surface area contributed by atoms with Gasteiger partial charge in [0, 0.05) is 0 Å². The first-order chi connectivity index (χ1) is 29.2. The quantitative estimate of drug-likeness (QED) is 0.182. The zero-order chi connectivity index (χ0) is 42.9. The molecule has 352 valence electrons. The highest BCUT2D eigenvalue weighted by molar-refractivity contribution is 7.42. The smallest absolute Gasteiger partial charge is 0.311 e. The van der Waals surface area contributed by atoms with Crippen molar-refractivity contribution >= 4 is 17.2 Å². The van der Waals surface area contributed by atoms with Gasteiger partial charge in [0.25, 0.3) is 0 Å². The van der Waals surface area contributed by atoms with E-state index >= 15 is 0 Å². The Hall–Kier alpha value is 0.620. The van der Waals surface area contributed by atoms with E-state index in [1.165, 1.54) is 154 Å². The largest absolute Gasteiger partial charge is 0.332 e. The molecule has 0 aromatic carbocycles. The summed E-state index contributed by atoms with van der Waals surface area (Å²) in [5, 5.41) is 0. The van der Waals surface area contributed by atoms with Crippen LogP contribution in [0.2, 0.25) is 0 Å². The Bertz CT molecular complexity index is 1240. The highest BCUT2D eigenvalue weighted by atomic mass is 31.2. The molecule has 2 aliphatic heterocycles. The summed E-state index contributed by atoms with van der Waals surface area (Å²) in [6.07, 6.45) is 35.9. The fourth-order valence-corrected chi connectivity index (χ4v) is 18.4. The Morgan fingerprint density at radius 1 is 0.344 bits per heavy atom. The van der Waals surface area contributed by atoms with Gasteiger partial charge in [-0.05, 0) is 159 Å². The molecule has 0 aromatic heterocycles. The maximum atomic E-state index is 7.07. The van der Waals surface area contributed by atoms with Crippen molar-refractivity contribution in [3.63, 3.8) is 0 Å². The molecule has 2 saturated heterocycles. The normalized spacial score (nSPS) is 38.2. The highest BCUT2D eigenvalue weighted by Gasteiger charge is 2.53. The summed E-state index contributed by atoms with van der Waals surface area (Å²) in [6, 6.07) is 0. The third-order valence-corrected chi connectivity index (χ3v) is 22.8. The van der Waals surface area contributed by atoms with E-state index in [1.54, 1.807) is 0 Å². The van der Waals surface area contributed by atoms with Crippen molar-refractivity contribution in [2.24, 2.45) is 74.4 Å². The Balaban J connectivity index is 0.871. The molecule has 0 radical (unpaired) electrons. The maximum Gasteiger partial charge on any atom is 0.332 e. The molecule has 6 nitrogen and oxygen atoms in total. The number of hydrogen-bond acceptors (Lipinski definition) is 6. The molecule has 6 unspecified atom stereocenters. The van der Waals surface area contributed by atoms with E-state index in [-0.39, 0.29) is 28.5 Å². The van der Waals surface area contributed by atoms with Gasteiger partial charge in [-0.1, -0.05) is 132 Å². The van der Waals surface area contributed by atoms with Gasteiger partial charge >= 0.3 is 17.2 Å². The molecule has 1 spiro atoms. The molecule has 8 fully saturated rings. The van der Waals surface area contributed by atoms with Crippen molar-refractivity contribution in [2.45, 2.75) is 235 Å². The van der Waals surface area contributed by atoms with Gasteiger partial charge in [0.15, 0.2) is 0 Å². The third-order valence-electron chi connectivity index (χ3n) is 20.6. The van der Waals surface area contributed by atoms with Crippen molar-refractivity contribution in [3.8, 4) is 0 Å². The second-order valence-corrected chi connectivity index (χ2v) is 27.5. The van der Waals surface area contributed by atoms with E-state index in [1.807, 2.05) is 0 Å². The first kappa shape index (κ1) is 48.1. The summed E-state index contributed by atoms with van der Waals surface area (Å²) >= 11 is 0. The zero-order valence-corrected chi connectivity index (χ0v) is 42.6. The molecule has 6 atom stereocenters. The predicted molar refractivity (Wildman–Crippen MR) is 253 cm³/mol. The summed E-state index contributed by atoms with van der Waals surface area (Å²) < 4.78 is 40.6. The van der Waals surface area contributed by atoms with E-state index in [0.29, 0.717) is 49.1 Å². The highest BCUT2D eigenvalue weighted by Crippen LogP contribution is 2.62. The number of hydrogen-bond donors (Lipinski definition) is 0. The van der Waals surface area contributed by atoms with Gasteiger partial charge in [-0.3, -0.25) is 0 Å². The molecule has 8 heteroatoms. The second kappa shape index (κ2) is 20.5. The summed E-state index contributed by atoms with van der Waals surface area (Å²) in [7, 11) is -2.80. The molecule has 0 amide bonds. The molecule has 8 rings (SSSR count). The van der Waals surface area contributed by atoms with Gasteiger partial charge in [0.1, 0.15) is 0 Å². The molecule has 2 heterocycles. The first-order valence-corrected chi connectivity index (χ1v) is 28.8. The van der Waals surface area contributed by atoms with Gasteiger partial charge in [0.05, 0.1) is 44.1 Å². The molecule has 0 bridgehead atoms. The van der Waals surface area contributed by atoms with Crippen LogP contribution in [0.25, 0.3) is 0 Å². The van der Waals surface area contributed by atoms with Crippen molar-refractivity contribution in [1.82, 2.24) is 0 Å². The Morgan fingerprint density at radius 2 is 0.623 bits per heavy atom. The molecule has 0 N–H and O–H groups in total. The van der Waals surface area contributed by atoms with Crippen LogP contribution >= 0.6 is 17.2 Å². The van der Waals surface area contributed by atoms with E-state index in [0.717, 1.165) is 48.3 Å². The monoisotopic (exact) mass is 889 g/mol. The zero-order valence-electron chi connectivity index (χ0n) is 40.8. The minimum atomic E-state index is -1.40.